The van der Waals surface area contributed by atoms with Gasteiger partial charge in [0.2, 0.25) is 17.7 Å². The van der Waals surface area contributed by atoms with Gasteiger partial charge >= 0.3 is 5.97 Å². The SMILES string of the molecule is CC(C)C[C@H](NC(=O)[C@H](C)NC(=O)[C@H](C)NC(=O)CCN)C(=O)O. The summed E-state index contributed by atoms with van der Waals surface area (Å²) in [7, 11) is 0. The molecule has 0 spiro atoms. The number of amides is 3. The number of carbonyl (C=O) groups excluding carboxylic acids is 3. The molecular formula is C15H28N4O5. The standard InChI is InChI=1S/C15H28N4O5/c1-8(2)7-11(15(23)24)19-14(22)10(4)18-13(21)9(3)17-12(20)5-6-16/h8-11H,5-7,16H2,1-4H3,(H,17,20)(H,18,21)(H,19,22)(H,23,24)/t9-,10-,11-/m0/s1. The van der Waals surface area contributed by atoms with Crippen molar-refractivity contribution in [2.24, 2.45) is 11.7 Å². The van der Waals surface area contributed by atoms with E-state index < -0.39 is 35.9 Å². The minimum atomic E-state index is -1.13. The van der Waals surface area contributed by atoms with E-state index in [1.807, 2.05) is 13.8 Å². The quantitative estimate of drug-likeness (QED) is 0.341. The molecule has 0 saturated heterocycles. The molecule has 0 aliphatic carbocycles. The maximum atomic E-state index is 12.0. The summed E-state index contributed by atoms with van der Waals surface area (Å²) in [6, 6.07) is -2.77. The van der Waals surface area contributed by atoms with E-state index in [9.17, 15) is 19.2 Å². The number of nitrogens with one attached hydrogen (secondary N) is 3. The van der Waals surface area contributed by atoms with Gasteiger partial charge < -0.3 is 26.8 Å². The van der Waals surface area contributed by atoms with Crippen LogP contribution in [-0.4, -0.2) is 53.5 Å². The summed E-state index contributed by atoms with van der Waals surface area (Å²) in [5.41, 5.74) is 5.24. The predicted octanol–water partition coefficient (Wildman–Crippen LogP) is -1.04. The van der Waals surface area contributed by atoms with Gasteiger partial charge in [-0.05, 0) is 26.2 Å². The summed E-state index contributed by atoms with van der Waals surface area (Å²) in [6.45, 7) is 6.78. The third-order valence-corrected chi connectivity index (χ3v) is 3.22. The number of carboxylic acids is 1. The molecule has 6 N–H and O–H groups in total. The Kier molecular flexibility index (Phi) is 9.63. The zero-order valence-corrected chi connectivity index (χ0v) is 14.6. The van der Waals surface area contributed by atoms with Gasteiger partial charge in [-0.15, -0.1) is 0 Å². The Morgan fingerprint density at radius 2 is 1.42 bits per heavy atom. The van der Waals surface area contributed by atoms with Crippen LogP contribution in [0.25, 0.3) is 0 Å². The minimum Gasteiger partial charge on any atom is -0.480 e. The third kappa shape index (κ3) is 8.47. The Balaban J connectivity index is 4.54. The highest BCUT2D eigenvalue weighted by molar-refractivity contribution is 5.92. The van der Waals surface area contributed by atoms with Crippen LogP contribution in [0.4, 0.5) is 0 Å². The highest BCUT2D eigenvalue weighted by Gasteiger charge is 2.25. The second-order valence-corrected chi connectivity index (χ2v) is 6.09. The van der Waals surface area contributed by atoms with E-state index in [4.69, 9.17) is 10.8 Å². The van der Waals surface area contributed by atoms with Crippen molar-refractivity contribution in [1.82, 2.24) is 16.0 Å². The van der Waals surface area contributed by atoms with Gasteiger partial charge in [-0.25, -0.2) is 4.79 Å². The Morgan fingerprint density at radius 3 is 1.88 bits per heavy atom. The number of nitrogens with two attached hydrogens (primary N) is 1. The second-order valence-electron chi connectivity index (χ2n) is 6.09. The van der Waals surface area contributed by atoms with Crippen molar-refractivity contribution >= 4 is 23.7 Å². The van der Waals surface area contributed by atoms with Crippen LogP contribution < -0.4 is 21.7 Å². The average molecular weight is 344 g/mol. The van der Waals surface area contributed by atoms with Crippen LogP contribution in [0.3, 0.4) is 0 Å². The molecule has 0 heterocycles. The fraction of sp³-hybridized carbons (Fsp3) is 0.733. The van der Waals surface area contributed by atoms with Gasteiger partial charge in [0.05, 0.1) is 0 Å². The van der Waals surface area contributed by atoms with E-state index in [-0.39, 0.29) is 31.2 Å². The molecule has 0 aliphatic heterocycles. The topological polar surface area (TPSA) is 151 Å². The number of hydrogen-bond donors (Lipinski definition) is 5. The first kappa shape index (κ1) is 21.8. The normalized spacial score (nSPS) is 14.4. The minimum absolute atomic E-state index is 0.0917. The summed E-state index contributed by atoms with van der Waals surface area (Å²) in [4.78, 5) is 46.5. The molecule has 9 heteroatoms. The van der Waals surface area contributed by atoms with Gasteiger partial charge in [0.1, 0.15) is 18.1 Å². The lowest BCUT2D eigenvalue weighted by molar-refractivity contribution is -0.142. The number of rotatable bonds is 10. The van der Waals surface area contributed by atoms with E-state index in [1.54, 1.807) is 0 Å². The second kappa shape index (κ2) is 10.6. The van der Waals surface area contributed by atoms with Gasteiger partial charge in [0.25, 0.3) is 0 Å². The molecule has 0 fully saturated rings. The molecule has 9 nitrogen and oxygen atoms in total. The fourth-order valence-electron chi connectivity index (χ4n) is 1.90. The molecule has 3 amide bonds. The molecule has 0 saturated carbocycles. The van der Waals surface area contributed by atoms with Crippen molar-refractivity contribution in [1.29, 1.82) is 0 Å². The van der Waals surface area contributed by atoms with Crippen LogP contribution in [0.2, 0.25) is 0 Å². The highest BCUT2D eigenvalue weighted by atomic mass is 16.4. The highest BCUT2D eigenvalue weighted by Crippen LogP contribution is 2.05. The lowest BCUT2D eigenvalue weighted by atomic mass is 10.0. The summed E-state index contributed by atoms with van der Waals surface area (Å²) in [5.74, 6) is -2.54. The predicted molar refractivity (Wildman–Crippen MR) is 87.9 cm³/mol. The van der Waals surface area contributed by atoms with E-state index in [0.717, 1.165) is 0 Å². The maximum Gasteiger partial charge on any atom is 0.326 e. The molecule has 24 heavy (non-hydrogen) atoms. The molecule has 0 unspecified atom stereocenters. The van der Waals surface area contributed by atoms with Crippen LogP contribution in [0, 0.1) is 5.92 Å². The number of aliphatic carboxylic acids is 1. The van der Waals surface area contributed by atoms with E-state index in [1.165, 1.54) is 13.8 Å². The zero-order chi connectivity index (χ0) is 18.9. The van der Waals surface area contributed by atoms with E-state index >= 15 is 0 Å². The number of hydrogen-bond acceptors (Lipinski definition) is 5. The van der Waals surface area contributed by atoms with Crippen molar-refractivity contribution < 1.29 is 24.3 Å². The van der Waals surface area contributed by atoms with Crippen LogP contribution in [0.5, 0.6) is 0 Å². The van der Waals surface area contributed by atoms with Crippen molar-refractivity contribution in [3.8, 4) is 0 Å². The zero-order valence-electron chi connectivity index (χ0n) is 14.6. The number of carboxylic acid groups (broad SMARTS) is 1. The number of carbonyl (C=O) groups is 4. The fourth-order valence-corrected chi connectivity index (χ4v) is 1.90. The molecule has 0 aromatic heterocycles. The molecule has 0 rings (SSSR count). The lowest BCUT2D eigenvalue weighted by Gasteiger charge is -2.21. The lowest BCUT2D eigenvalue weighted by Crippen LogP contribution is -2.54. The first-order valence-electron chi connectivity index (χ1n) is 7.91. The Labute approximate surface area is 141 Å². The van der Waals surface area contributed by atoms with Gasteiger partial charge in [0, 0.05) is 13.0 Å². The van der Waals surface area contributed by atoms with E-state index in [2.05, 4.69) is 16.0 Å². The van der Waals surface area contributed by atoms with Gasteiger partial charge in [-0.3, -0.25) is 14.4 Å². The third-order valence-electron chi connectivity index (χ3n) is 3.22. The van der Waals surface area contributed by atoms with E-state index in [0.29, 0.717) is 0 Å². The summed E-state index contributed by atoms with van der Waals surface area (Å²) in [6.07, 6.45) is 0.385. The molecule has 0 radical (unpaired) electrons. The summed E-state index contributed by atoms with van der Waals surface area (Å²) >= 11 is 0. The summed E-state index contributed by atoms with van der Waals surface area (Å²) < 4.78 is 0. The van der Waals surface area contributed by atoms with Crippen molar-refractivity contribution in [2.75, 3.05) is 6.54 Å². The Morgan fingerprint density at radius 1 is 0.917 bits per heavy atom. The van der Waals surface area contributed by atoms with Crippen molar-refractivity contribution in [2.45, 2.75) is 58.7 Å². The van der Waals surface area contributed by atoms with Gasteiger partial charge in [0.15, 0.2) is 0 Å². The van der Waals surface area contributed by atoms with Crippen LogP contribution in [-0.2, 0) is 19.2 Å². The monoisotopic (exact) mass is 344 g/mol. The molecule has 138 valence electrons. The van der Waals surface area contributed by atoms with Crippen molar-refractivity contribution in [3.05, 3.63) is 0 Å². The molecular weight excluding hydrogens is 316 g/mol. The Bertz CT molecular complexity index is 467. The average Bonchev–Trinajstić information content (AvgIpc) is 2.45. The largest absolute Gasteiger partial charge is 0.480 e. The molecule has 3 atom stereocenters. The van der Waals surface area contributed by atoms with Gasteiger partial charge in [-0.1, -0.05) is 13.8 Å². The summed E-state index contributed by atoms with van der Waals surface area (Å²) in [5, 5.41) is 16.4. The van der Waals surface area contributed by atoms with Crippen LogP contribution in [0.15, 0.2) is 0 Å². The molecule has 0 aliphatic rings. The first-order valence-corrected chi connectivity index (χ1v) is 7.91. The molecule has 0 bridgehead atoms. The smallest absolute Gasteiger partial charge is 0.326 e. The molecule has 0 aromatic rings. The first-order chi connectivity index (χ1) is 11.1. The Hall–Kier alpha value is -2.16. The van der Waals surface area contributed by atoms with Crippen LogP contribution >= 0.6 is 0 Å². The molecule has 0 aromatic carbocycles. The van der Waals surface area contributed by atoms with Crippen molar-refractivity contribution in [3.63, 3.8) is 0 Å². The van der Waals surface area contributed by atoms with Gasteiger partial charge in [-0.2, -0.15) is 0 Å². The van der Waals surface area contributed by atoms with Crippen LogP contribution in [0.1, 0.15) is 40.5 Å². The maximum absolute atomic E-state index is 12.0.